The van der Waals surface area contributed by atoms with Crippen LogP contribution in [0.25, 0.3) is 11.3 Å². The van der Waals surface area contributed by atoms with Gasteiger partial charge in [0.15, 0.2) is 5.13 Å². The predicted octanol–water partition coefficient (Wildman–Crippen LogP) is 4.42. The summed E-state index contributed by atoms with van der Waals surface area (Å²) in [5.74, 6) is -0.676. The monoisotopic (exact) mass is 490 g/mol. The van der Waals surface area contributed by atoms with Gasteiger partial charge in [0.05, 0.1) is 5.69 Å². The van der Waals surface area contributed by atoms with E-state index in [1.807, 2.05) is 31.2 Å². The zero-order chi connectivity index (χ0) is 21.5. The molecule has 0 atom stereocenters. The van der Waals surface area contributed by atoms with Crippen LogP contribution in [0.1, 0.15) is 37.0 Å². The average Bonchev–Trinajstić information content (AvgIpc) is 3.17. The number of aryl methyl sites for hydroxylation is 1. The number of anilines is 1. The SMILES string of the molecule is Cc1sc(NC(=O)CN2C(=O)N(C)C3(CCCCC3)C2=O)nc1-c1ccc(Br)cc1. The van der Waals surface area contributed by atoms with E-state index in [9.17, 15) is 14.4 Å². The van der Waals surface area contributed by atoms with Gasteiger partial charge in [-0.3, -0.25) is 14.5 Å². The molecule has 1 saturated heterocycles. The van der Waals surface area contributed by atoms with Crippen molar-refractivity contribution < 1.29 is 14.4 Å². The lowest BCUT2D eigenvalue weighted by atomic mass is 9.81. The fourth-order valence-corrected chi connectivity index (χ4v) is 5.42. The normalized spacial score (nSPS) is 18.4. The number of likely N-dealkylation sites (N-methyl/N-ethyl adjacent to an activating group) is 1. The molecule has 7 nitrogen and oxygen atoms in total. The number of amides is 4. The van der Waals surface area contributed by atoms with E-state index in [4.69, 9.17) is 0 Å². The number of thiazole rings is 1. The van der Waals surface area contributed by atoms with Gasteiger partial charge >= 0.3 is 6.03 Å². The fourth-order valence-electron chi connectivity index (χ4n) is 4.30. The van der Waals surface area contributed by atoms with Crippen LogP contribution in [-0.2, 0) is 9.59 Å². The Bertz CT molecular complexity index is 998. The quantitative estimate of drug-likeness (QED) is 0.643. The van der Waals surface area contributed by atoms with E-state index in [0.29, 0.717) is 18.0 Å². The highest BCUT2D eigenvalue weighted by atomic mass is 79.9. The molecule has 1 aromatic heterocycles. The number of hydrogen-bond acceptors (Lipinski definition) is 5. The van der Waals surface area contributed by atoms with Crippen molar-refractivity contribution in [3.63, 3.8) is 0 Å². The summed E-state index contributed by atoms with van der Waals surface area (Å²) in [7, 11) is 1.66. The highest BCUT2D eigenvalue weighted by Crippen LogP contribution is 2.39. The standard InChI is InChI=1S/C21H23BrN4O3S/c1-13-17(14-6-8-15(22)9-7-14)24-19(30-13)23-16(27)12-26-18(28)21(25(2)20(26)29)10-4-3-5-11-21/h6-9H,3-5,10-12H2,1-2H3,(H,23,24,27). The minimum absolute atomic E-state index is 0.254. The van der Waals surface area contributed by atoms with Crippen molar-refractivity contribution in [2.24, 2.45) is 0 Å². The second-order valence-corrected chi connectivity index (χ2v) is 9.92. The van der Waals surface area contributed by atoms with Gasteiger partial charge in [-0.15, -0.1) is 11.3 Å². The van der Waals surface area contributed by atoms with Gasteiger partial charge in [0, 0.05) is 22.0 Å². The first-order valence-corrected chi connectivity index (χ1v) is 11.6. The van der Waals surface area contributed by atoms with Gasteiger partial charge in [-0.2, -0.15) is 0 Å². The summed E-state index contributed by atoms with van der Waals surface area (Å²) < 4.78 is 0.980. The largest absolute Gasteiger partial charge is 0.327 e. The third kappa shape index (κ3) is 3.65. The summed E-state index contributed by atoms with van der Waals surface area (Å²) in [6.07, 6.45) is 4.23. The van der Waals surface area contributed by atoms with Crippen molar-refractivity contribution in [3.05, 3.63) is 33.6 Å². The first-order valence-electron chi connectivity index (χ1n) is 9.95. The molecule has 30 heavy (non-hydrogen) atoms. The minimum atomic E-state index is -0.776. The third-order valence-electron chi connectivity index (χ3n) is 5.95. The molecule has 2 aromatic rings. The van der Waals surface area contributed by atoms with E-state index in [2.05, 4.69) is 26.2 Å². The second-order valence-electron chi connectivity index (χ2n) is 7.80. The number of halogens is 1. The number of urea groups is 1. The molecule has 158 valence electrons. The van der Waals surface area contributed by atoms with Crippen LogP contribution in [0.4, 0.5) is 9.93 Å². The molecule has 0 unspecified atom stereocenters. The van der Waals surface area contributed by atoms with Crippen molar-refractivity contribution in [1.29, 1.82) is 0 Å². The number of imide groups is 1. The van der Waals surface area contributed by atoms with E-state index in [-0.39, 0.29) is 12.5 Å². The summed E-state index contributed by atoms with van der Waals surface area (Å²) in [6.45, 7) is 1.65. The lowest BCUT2D eigenvalue weighted by Gasteiger charge is -2.35. The van der Waals surface area contributed by atoms with Crippen molar-refractivity contribution in [2.75, 3.05) is 18.9 Å². The highest BCUT2D eigenvalue weighted by molar-refractivity contribution is 9.10. The number of hydrogen-bond donors (Lipinski definition) is 1. The molecule has 1 aliphatic carbocycles. The second kappa shape index (κ2) is 8.11. The maximum Gasteiger partial charge on any atom is 0.327 e. The fraction of sp³-hybridized carbons (Fsp3) is 0.429. The lowest BCUT2D eigenvalue weighted by molar-refractivity contribution is -0.136. The molecule has 1 aliphatic heterocycles. The molecular formula is C21H23BrN4O3S. The molecular weight excluding hydrogens is 468 g/mol. The van der Waals surface area contributed by atoms with Crippen molar-refractivity contribution in [3.8, 4) is 11.3 Å². The van der Waals surface area contributed by atoms with E-state index in [0.717, 1.165) is 44.8 Å². The molecule has 0 radical (unpaired) electrons. The molecule has 2 heterocycles. The summed E-state index contributed by atoms with van der Waals surface area (Å²) >= 11 is 4.79. The van der Waals surface area contributed by atoms with Crippen LogP contribution in [0.3, 0.4) is 0 Å². The summed E-state index contributed by atoms with van der Waals surface area (Å²) in [4.78, 5) is 46.5. The average molecular weight is 491 g/mol. The first-order chi connectivity index (χ1) is 14.3. The van der Waals surface area contributed by atoms with Gasteiger partial charge in [0.2, 0.25) is 5.91 Å². The van der Waals surface area contributed by atoms with Crippen LogP contribution >= 0.6 is 27.3 Å². The van der Waals surface area contributed by atoms with Crippen LogP contribution in [0, 0.1) is 6.92 Å². The molecule has 2 fully saturated rings. The van der Waals surface area contributed by atoms with Gasteiger partial charge < -0.3 is 10.2 Å². The van der Waals surface area contributed by atoms with Gasteiger partial charge in [0.1, 0.15) is 12.1 Å². The van der Waals surface area contributed by atoms with Gasteiger partial charge in [-0.25, -0.2) is 9.78 Å². The summed E-state index contributed by atoms with van der Waals surface area (Å²) in [5.41, 5.74) is 0.984. The van der Waals surface area contributed by atoms with Gasteiger partial charge in [0.25, 0.3) is 5.91 Å². The number of benzene rings is 1. The van der Waals surface area contributed by atoms with Crippen LogP contribution in [0.5, 0.6) is 0 Å². The van der Waals surface area contributed by atoms with Gasteiger partial charge in [-0.05, 0) is 31.9 Å². The lowest BCUT2D eigenvalue weighted by Crippen LogP contribution is -2.49. The van der Waals surface area contributed by atoms with E-state index in [1.54, 1.807) is 7.05 Å². The molecule has 4 amide bonds. The zero-order valence-electron chi connectivity index (χ0n) is 16.9. The molecule has 4 rings (SSSR count). The maximum absolute atomic E-state index is 13.0. The number of aromatic nitrogens is 1. The predicted molar refractivity (Wildman–Crippen MR) is 119 cm³/mol. The number of carbonyl (C=O) groups is 3. The van der Waals surface area contributed by atoms with Crippen LogP contribution < -0.4 is 5.32 Å². The van der Waals surface area contributed by atoms with Crippen molar-refractivity contribution in [1.82, 2.24) is 14.8 Å². The zero-order valence-corrected chi connectivity index (χ0v) is 19.3. The Morgan fingerprint density at radius 2 is 1.87 bits per heavy atom. The summed E-state index contributed by atoms with van der Waals surface area (Å²) in [6, 6.07) is 7.39. The Labute approximate surface area is 187 Å². The Kier molecular flexibility index (Phi) is 5.67. The summed E-state index contributed by atoms with van der Waals surface area (Å²) in [5, 5.41) is 3.21. The Morgan fingerprint density at radius 1 is 1.20 bits per heavy atom. The topological polar surface area (TPSA) is 82.6 Å². The van der Waals surface area contributed by atoms with E-state index < -0.39 is 17.5 Å². The Morgan fingerprint density at radius 3 is 2.53 bits per heavy atom. The highest BCUT2D eigenvalue weighted by Gasteiger charge is 2.55. The smallest absolute Gasteiger partial charge is 0.313 e. The number of rotatable bonds is 4. The van der Waals surface area contributed by atoms with Gasteiger partial charge in [-0.1, -0.05) is 47.3 Å². The molecule has 1 saturated carbocycles. The number of carbonyl (C=O) groups excluding carboxylic acids is 3. The Balaban J connectivity index is 1.46. The van der Waals surface area contributed by atoms with E-state index >= 15 is 0 Å². The molecule has 1 N–H and O–H groups in total. The van der Waals surface area contributed by atoms with E-state index in [1.165, 1.54) is 16.2 Å². The van der Waals surface area contributed by atoms with Crippen molar-refractivity contribution >= 4 is 50.2 Å². The minimum Gasteiger partial charge on any atom is -0.313 e. The molecule has 0 bridgehead atoms. The van der Waals surface area contributed by atoms with Crippen LogP contribution in [-0.4, -0.2) is 51.8 Å². The van der Waals surface area contributed by atoms with Crippen LogP contribution in [0.2, 0.25) is 0 Å². The third-order valence-corrected chi connectivity index (χ3v) is 7.36. The number of nitrogens with one attached hydrogen (secondary N) is 1. The first kappa shape index (κ1) is 21.0. The maximum atomic E-state index is 13.0. The van der Waals surface area contributed by atoms with Crippen molar-refractivity contribution in [2.45, 2.75) is 44.6 Å². The van der Waals surface area contributed by atoms with Crippen LogP contribution in [0.15, 0.2) is 28.7 Å². The molecule has 2 aliphatic rings. The Hall–Kier alpha value is -2.26. The molecule has 1 spiro atoms. The molecule has 9 heteroatoms. The number of nitrogens with zero attached hydrogens (tertiary/aromatic N) is 3. The molecule has 1 aromatic carbocycles.